The van der Waals surface area contributed by atoms with Gasteiger partial charge in [-0.2, -0.15) is 43.9 Å². The van der Waals surface area contributed by atoms with E-state index in [9.17, 15) is 43.9 Å². The van der Waals surface area contributed by atoms with Crippen LogP contribution < -0.4 is 0 Å². The summed E-state index contributed by atoms with van der Waals surface area (Å²) >= 11 is 0. The van der Waals surface area contributed by atoms with Gasteiger partial charge >= 0.3 is 24.4 Å². The highest BCUT2D eigenvalue weighted by atomic mass is 19.4. The Kier molecular flexibility index (Phi) is 4.46. The predicted octanol–water partition coefficient (Wildman–Crippen LogP) is 3.11. The van der Waals surface area contributed by atoms with Gasteiger partial charge in [-0.25, -0.2) is 0 Å². The summed E-state index contributed by atoms with van der Waals surface area (Å²) in [4.78, 5) is 0. The van der Waals surface area contributed by atoms with E-state index in [4.69, 9.17) is 5.11 Å². The van der Waals surface area contributed by atoms with Crippen molar-refractivity contribution in [3.8, 4) is 0 Å². The molecule has 0 aliphatic heterocycles. The summed E-state index contributed by atoms with van der Waals surface area (Å²) in [5, 5.41) is 8.25. The molecule has 0 fully saturated rings. The SMILES string of the molecule is C[C@](CO)(OC(F)(F)C(F)(F)C(F)(F)F)C(F)(F)F. The zero-order valence-electron chi connectivity index (χ0n) is 8.84. The Balaban J connectivity index is 5.48. The van der Waals surface area contributed by atoms with E-state index in [-0.39, 0.29) is 6.92 Å². The van der Waals surface area contributed by atoms with Crippen LogP contribution in [0.25, 0.3) is 0 Å². The normalized spacial score (nSPS) is 18.3. The topological polar surface area (TPSA) is 29.5 Å². The van der Waals surface area contributed by atoms with Gasteiger partial charge in [0.25, 0.3) is 0 Å². The van der Waals surface area contributed by atoms with Crippen LogP contribution in [-0.2, 0) is 4.74 Å². The minimum Gasteiger partial charge on any atom is -0.393 e. The molecule has 0 bridgehead atoms. The maximum atomic E-state index is 12.6. The van der Waals surface area contributed by atoms with Crippen LogP contribution in [0, 0.1) is 0 Å². The molecular formula is C7H6F10O2. The van der Waals surface area contributed by atoms with E-state index >= 15 is 0 Å². The lowest BCUT2D eigenvalue weighted by atomic mass is 10.1. The Labute approximate surface area is 98.5 Å². The summed E-state index contributed by atoms with van der Waals surface area (Å²) in [7, 11) is 0. The van der Waals surface area contributed by atoms with Crippen LogP contribution in [0.2, 0.25) is 0 Å². The van der Waals surface area contributed by atoms with Crippen molar-refractivity contribution in [3.05, 3.63) is 0 Å². The molecule has 1 atom stereocenters. The van der Waals surface area contributed by atoms with Crippen molar-refractivity contribution in [1.82, 2.24) is 0 Å². The van der Waals surface area contributed by atoms with Crippen molar-refractivity contribution >= 4 is 0 Å². The molecule has 0 aromatic carbocycles. The molecule has 0 aliphatic rings. The van der Waals surface area contributed by atoms with Crippen molar-refractivity contribution in [2.45, 2.75) is 36.9 Å². The maximum absolute atomic E-state index is 12.6. The molecule has 116 valence electrons. The van der Waals surface area contributed by atoms with Crippen molar-refractivity contribution in [2.75, 3.05) is 6.61 Å². The molecule has 0 saturated heterocycles. The Morgan fingerprint density at radius 2 is 1.16 bits per heavy atom. The summed E-state index contributed by atoms with van der Waals surface area (Å²) in [6, 6.07) is 0. The van der Waals surface area contributed by atoms with E-state index in [0.29, 0.717) is 0 Å². The molecule has 0 aromatic heterocycles. The second kappa shape index (κ2) is 4.65. The Morgan fingerprint density at radius 3 is 1.37 bits per heavy atom. The standard InChI is InChI=1S/C7H6F10O2/c1-3(2-18,5(10,11)12)19-7(16,17)4(8,9)6(13,14)15/h18H,2H2,1H3/t3-/m1/s1. The molecule has 0 saturated carbocycles. The Morgan fingerprint density at radius 1 is 0.789 bits per heavy atom. The second-order valence-electron chi connectivity index (χ2n) is 3.58. The maximum Gasteiger partial charge on any atom is 0.462 e. The highest BCUT2D eigenvalue weighted by molar-refractivity contribution is 4.91. The zero-order valence-corrected chi connectivity index (χ0v) is 8.84. The van der Waals surface area contributed by atoms with E-state index in [1.807, 2.05) is 0 Å². The number of aliphatic hydroxyl groups is 1. The van der Waals surface area contributed by atoms with Gasteiger partial charge in [0, 0.05) is 0 Å². The fourth-order valence-electron chi connectivity index (χ4n) is 0.692. The van der Waals surface area contributed by atoms with Crippen molar-refractivity contribution in [1.29, 1.82) is 0 Å². The Bertz CT molecular complexity index is 319. The number of hydrogen-bond donors (Lipinski definition) is 1. The number of alkyl halides is 10. The number of rotatable bonds is 4. The van der Waals surface area contributed by atoms with Gasteiger partial charge in [0.15, 0.2) is 5.60 Å². The van der Waals surface area contributed by atoms with E-state index < -0.39 is 36.6 Å². The summed E-state index contributed by atoms with van der Waals surface area (Å²) in [6.45, 7) is -2.58. The first-order valence-electron chi connectivity index (χ1n) is 4.22. The molecule has 0 spiro atoms. The van der Waals surface area contributed by atoms with Crippen molar-refractivity contribution in [2.24, 2.45) is 0 Å². The quantitative estimate of drug-likeness (QED) is 0.808. The van der Waals surface area contributed by atoms with Gasteiger partial charge in [-0.1, -0.05) is 0 Å². The largest absolute Gasteiger partial charge is 0.462 e. The van der Waals surface area contributed by atoms with Gasteiger partial charge in [0.2, 0.25) is 0 Å². The van der Waals surface area contributed by atoms with E-state index in [2.05, 4.69) is 4.74 Å². The van der Waals surface area contributed by atoms with Gasteiger partial charge in [-0.15, -0.1) is 0 Å². The van der Waals surface area contributed by atoms with E-state index in [1.165, 1.54) is 0 Å². The minimum absolute atomic E-state index is 0.298. The number of ether oxygens (including phenoxy) is 1. The molecule has 0 aromatic rings. The molecule has 0 aliphatic carbocycles. The van der Waals surface area contributed by atoms with Crippen LogP contribution in [0.4, 0.5) is 43.9 Å². The van der Waals surface area contributed by atoms with Crippen LogP contribution in [0.5, 0.6) is 0 Å². The van der Waals surface area contributed by atoms with Gasteiger partial charge in [0.1, 0.15) is 0 Å². The van der Waals surface area contributed by atoms with Gasteiger partial charge in [-0.05, 0) is 6.92 Å². The number of aliphatic hydroxyl groups excluding tert-OH is 1. The highest BCUT2D eigenvalue weighted by Crippen LogP contribution is 2.50. The molecule has 0 radical (unpaired) electrons. The third kappa shape index (κ3) is 3.22. The average molecular weight is 312 g/mol. The first-order valence-corrected chi connectivity index (χ1v) is 4.22. The van der Waals surface area contributed by atoms with Crippen LogP contribution in [0.3, 0.4) is 0 Å². The van der Waals surface area contributed by atoms with Gasteiger partial charge in [-0.3, -0.25) is 4.74 Å². The molecule has 12 heteroatoms. The zero-order chi connectivity index (χ0) is 15.9. The van der Waals surface area contributed by atoms with Crippen molar-refractivity contribution in [3.63, 3.8) is 0 Å². The predicted molar refractivity (Wildman–Crippen MR) is 38.6 cm³/mol. The summed E-state index contributed by atoms with van der Waals surface area (Å²) in [5.74, 6) is -6.86. The third-order valence-electron chi connectivity index (χ3n) is 1.98. The van der Waals surface area contributed by atoms with Crippen LogP contribution in [-0.4, -0.2) is 41.7 Å². The monoisotopic (exact) mass is 312 g/mol. The second-order valence-corrected chi connectivity index (χ2v) is 3.58. The molecule has 2 nitrogen and oxygen atoms in total. The lowest BCUT2D eigenvalue weighted by molar-refractivity contribution is -0.463. The fourth-order valence-corrected chi connectivity index (χ4v) is 0.692. The molecule has 0 amide bonds. The van der Waals surface area contributed by atoms with E-state index in [0.717, 1.165) is 0 Å². The first-order chi connectivity index (χ1) is 8.02. The lowest BCUT2D eigenvalue weighted by Crippen LogP contribution is -2.60. The smallest absolute Gasteiger partial charge is 0.393 e. The summed E-state index contributed by atoms with van der Waals surface area (Å²) < 4.78 is 124. The summed E-state index contributed by atoms with van der Waals surface area (Å²) in [5.41, 5.74) is -4.29. The molecular weight excluding hydrogens is 306 g/mol. The average Bonchev–Trinajstić information content (AvgIpc) is 2.12. The van der Waals surface area contributed by atoms with Gasteiger partial charge < -0.3 is 5.11 Å². The Hall–Kier alpha value is -0.780. The molecule has 19 heavy (non-hydrogen) atoms. The molecule has 0 unspecified atom stereocenters. The summed E-state index contributed by atoms with van der Waals surface area (Å²) in [6.07, 6.45) is -19.1. The number of halogens is 10. The third-order valence-corrected chi connectivity index (χ3v) is 1.98. The minimum atomic E-state index is -6.86. The van der Waals surface area contributed by atoms with Crippen LogP contribution in [0.15, 0.2) is 0 Å². The van der Waals surface area contributed by atoms with Crippen LogP contribution in [0.1, 0.15) is 6.92 Å². The van der Waals surface area contributed by atoms with Crippen LogP contribution >= 0.6 is 0 Å². The highest BCUT2D eigenvalue weighted by Gasteiger charge is 2.77. The molecule has 0 heterocycles. The molecule has 1 N–H and O–H groups in total. The number of hydrogen-bond acceptors (Lipinski definition) is 2. The van der Waals surface area contributed by atoms with Gasteiger partial charge in [0.05, 0.1) is 6.61 Å². The first kappa shape index (κ1) is 18.2. The fraction of sp³-hybridized carbons (Fsp3) is 1.00. The lowest BCUT2D eigenvalue weighted by Gasteiger charge is -2.36. The van der Waals surface area contributed by atoms with E-state index in [1.54, 1.807) is 0 Å². The van der Waals surface area contributed by atoms with Crippen molar-refractivity contribution < 1.29 is 53.7 Å². The molecule has 0 rings (SSSR count).